The Balaban J connectivity index is 2.43. The highest BCUT2D eigenvalue weighted by Crippen LogP contribution is 2.12. The summed E-state index contributed by atoms with van der Waals surface area (Å²) in [6.45, 7) is 7.25. The van der Waals surface area contributed by atoms with Gasteiger partial charge in [0.05, 0.1) is 0 Å². The summed E-state index contributed by atoms with van der Waals surface area (Å²) in [5.74, 6) is 0.849. The first-order valence-corrected chi connectivity index (χ1v) is 7.07. The summed E-state index contributed by atoms with van der Waals surface area (Å²) in [4.78, 5) is 6.34. The van der Waals surface area contributed by atoms with E-state index in [-0.39, 0.29) is 5.54 Å². The van der Waals surface area contributed by atoms with Crippen LogP contribution in [0.2, 0.25) is 0 Å². The molecule has 0 radical (unpaired) electrons. The number of nitrogens with one attached hydrogen (secondary N) is 2. The molecule has 1 aromatic rings. The molecule has 1 rings (SSSR count). The van der Waals surface area contributed by atoms with Crippen molar-refractivity contribution in [3.8, 4) is 0 Å². The van der Waals surface area contributed by atoms with E-state index >= 15 is 0 Å². The van der Waals surface area contributed by atoms with Crippen molar-refractivity contribution in [3.63, 3.8) is 0 Å². The van der Waals surface area contributed by atoms with E-state index in [9.17, 15) is 0 Å². The minimum Gasteiger partial charge on any atom is -0.378 e. The normalized spacial score (nSPS) is 12.2. The van der Waals surface area contributed by atoms with Gasteiger partial charge in [0, 0.05) is 38.9 Å². The summed E-state index contributed by atoms with van der Waals surface area (Å²) in [6, 6.07) is 8.66. The monoisotopic (exact) mass is 276 g/mol. The van der Waals surface area contributed by atoms with E-state index < -0.39 is 0 Å². The average Bonchev–Trinajstić information content (AvgIpc) is 2.36. The van der Waals surface area contributed by atoms with Crippen LogP contribution < -0.4 is 15.5 Å². The molecular formula is C16H28N4. The predicted octanol–water partition coefficient (Wildman–Crippen LogP) is 2.26. The number of anilines is 1. The highest BCUT2D eigenvalue weighted by Gasteiger charge is 2.11. The van der Waals surface area contributed by atoms with Crippen LogP contribution in [0.5, 0.6) is 0 Å². The minimum absolute atomic E-state index is 0.0230. The first kappa shape index (κ1) is 16.3. The Morgan fingerprint density at radius 1 is 1.15 bits per heavy atom. The van der Waals surface area contributed by atoms with Crippen molar-refractivity contribution in [1.82, 2.24) is 10.6 Å². The molecule has 2 N–H and O–H groups in total. The third kappa shape index (κ3) is 5.95. The molecule has 0 heterocycles. The van der Waals surface area contributed by atoms with Gasteiger partial charge < -0.3 is 15.5 Å². The quantitative estimate of drug-likeness (QED) is 0.654. The fourth-order valence-corrected chi connectivity index (χ4v) is 1.82. The second-order valence-corrected chi connectivity index (χ2v) is 6.18. The minimum atomic E-state index is 0.0230. The molecule has 0 aliphatic carbocycles. The number of rotatable bonds is 4. The van der Waals surface area contributed by atoms with Gasteiger partial charge in [0.2, 0.25) is 0 Å². The Hall–Kier alpha value is -1.71. The molecular weight excluding hydrogens is 248 g/mol. The third-order valence-corrected chi connectivity index (χ3v) is 2.88. The molecule has 0 aliphatic rings. The highest BCUT2D eigenvalue weighted by molar-refractivity contribution is 5.80. The second-order valence-electron chi connectivity index (χ2n) is 6.18. The molecule has 4 nitrogen and oxygen atoms in total. The maximum atomic E-state index is 4.23. The van der Waals surface area contributed by atoms with Crippen LogP contribution in [0, 0.1) is 0 Å². The first-order chi connectivity index (χ1) is 9.31. The molecule has 0 aliphatic heterocycles. The number of hydrogen-bond acceptors (Lipinski definition) is 2. The number of nitrogens with zero attached hydrogens (tertiary/aromatic N) is 2. The summed E-state index contributed by atoms with van der Waals surface area (Å²) < 4.78 is 0. The SMILES string of the molecule is CN=C(NCCc1ccc(N(C)C)cc1)NC(C)(C)C. The predicted molar refractivity (Wildman–Crippen MR) is 88.7 cm³/mol. The molecule has 112 valence electrons. The van der Waals surface area contributed by atoms with E-state index in [0.717, 1.165) is 18.9 Å². The lowest BCUT2D eigenvalue weighted by molar-refractivity contribution is 0.501. The molecule has 0 atom stereocenters. The van der Waals surface area contributed by atoms with Crippen LogP contribution in [0.15, 0.2) is 29.3 Å². The Morgan fingerprint density at radius 3 is 2.20 bits per heavy atom. The molecule has 4 heteroatoms. The Morgan fingerprint density at radius 2 is 1.75 bits per heavy atom. The van der Waals surface area contributed by atoms with Crippen LogP contribution in [-0.2, 0) is 6.42 Å². The number of guanidine groups is 1. The molecule has 0 fully saturated rings. The van der Waals surface area contributed by atoms with Crippen LogP contribution in [0.1, 0.15) is 26.3 Å². The molecule has 0 amide bonds. The van der Waals surface area contributed by atoms with Gasteiger partial charge in [-0.1, -0.05) is 12.1 Å². The molecule has 0 spiro atoms. The fraction of sp³-hybridized carbons (Fsp3) is 0.562. The van der Waals surface area contributed by atoms with Gasteiger partial charge in [0.15, 0.2) is 5.96 Å². The summed E-state index contributed by atoms with van der Waals surface area (Å²) in [5.41, 5.74) is 2.58. The van der Waals surface area contributed by atoms with Gasteiger partial charge in [-0.05, 0) is 44.9 Å². The third-order valence-electron chi connectivity index (χ3n) is 2.88. The van der Waals surface area contributed by atoms with Crippen LogP contribution in [0.3, 0.4) is 0 Å². The Bertz CT molecular complexity index is 427. The second kappa shape index (κ2) is 7.17. The van der Waals surface area contributed by atoms with E-state index in [4.69, 9.17) is 0 Å². The molecule has 20 heavy (non-hydrogen) atoms. The maximum absolute atomic E-state index is 4.23. The smallest absolute Gasteiger partial charge is 0.191 e. The topological polar surface area (TPSA) is 39.7 Å². The fourth-order valence-electron chi connectivity index (χ4n) is 1.82. The average molecular weight is 276 g/mol. The zero-order chi connectivity index (χ0) is 15.2. The van der Waals surface area contributed by atoms with Gasteiger partial charge in [-0.25, -0.2) is 0 Å². The standard InChI is InChI=1S/C16H28N4/c1-16(2,3)19-15(17-4)18-12-11-13-7-9-14(10-8-13)20(5)6/h7-10H,11-12H2,1-6H3,(H2,17,18,19). The van der Waals surface area contributed by atoms with E-state index in [1.807, 2.05) is 0 Å². The van der Waals surface area contributed by atoms with Crippen molar-refractivity contribution in [2.24, 2.45) is 4.99 Å². The zero-order valence-electron chi connectivity index (χ0n) is 13.6. The molecule has 0 aromatic heterocycles. The van der Waals surface area contributed by atoms with Crippen LogP contribution in [0.25, 0.3) is 0 Å². The molecule has 0 saturated carbocycles. The zero-order valence-corrected chi connectivity index (χ0v) is 13.6. The lowest BCUT2D eigenvalue weighted by Crippen LogP contribution is -2.48. The van der Waals surface area contributed by atoms with Crippen molar-refractivity contribution >= 4 is 11.6 Å². The van der Waals surface area contributed by atoms with E-state index in [1.165, 1.54) is 11.3 Å². The summed E-state index contributed by atoms with van der Waals surface area (Å²) in [6.07, 6.45) is 0.985. The van der Waals surface area contributed by atoms with Gasteiger partial charge in [0.1, 0.15) is 0 Å². The van der Waals surface area contributed by atoms with Gasteiger partial charge in [-0.15, -0.1) is 0 Å². The molecule has 1 aromatic carbocycles. The largest absolute Gasteiger partial charge is 0.378 e. The van der Waals surface area contributed by atoms with Gasteiger partial charge in [-0.2, -0.15) is 0 Å². The summed E-state index contributed by atoms with van der Waals surface area (Å²) >= 11 is 0. The van der Waals surface area contributed by atoms with Crippen LogP contribution in [-0.4, -0.2) is 39.2 Å². The Labute approximate surface area is 123 Å². The number of aliphatic imine (C=N–C) groups is 1. The van der Waals surface area contributed by atoms with Crippen LogP contribution in [0.4, 0.5) is 5.69 Å². The number of benzene rings is 1. The number of hydrogen-bond donors (Lipinski definition) is 2. The summed E-state index contributed by atoms with van der Waals surface area (Å²) in [5, 5.41) is 6.69. The van der Waals surface area contributed by atoms with E-state index in [2.05, 4.69) is 79.7 Å². The van der Waals surface area contributed by atoms with Crippen molar-refractivity contribution in [2.75, 3.05) is 32.6 Å². The molecule has 0 unspecified atom stereocenters. The van der Waals surface area contributed by atoms with Gasteiger partial charge in [0.25, 0.3) is 0 Å². The van der Waals surface area contributed by atoms with Crippen molar-refractivity contribution in [3.05, 3.63) is 29.8 Å². The summed E-state index contributed by atoms with van der Waals surface area (Å²) in [7, 11) is 5.91. The molecule has 0 saturated heterocycles. The lowest BCUT2D eigenvalue weighted by atomic mass is 10.1. The highest BCUT2D eigenvalue weighted by atomic mass is 15.2. The van der Waals surface area contributed by atoms with E-state index in [1.54, 1.807) is 7.05 Å². The van der Waals surface area contributed by atoms with E-state index in [0.29, 0.717) is 0 Å². The van der Waals surface area contributed by atoms with Gasteiger partial charge >= 0.3 is 0 Å². The van der Waals surface area contributed by atoms with Crippen molar-refractivity contribution < 1.29 is 0 Å². The van der Waals surface area contributed by atoms with Crippen LogP contribution >= 0.6 is 0 Å². The lowest BCUT2D eigenvalue weighted by Gasteiger charge is -2.23. The molecule has 0 bridgehead atoms. The Kier molecular flexibility index (Phi) is 5.86. The maximum Gasteiger partial charge on any atom is 0.191 e. The van der Waals surface area contributed by atoms with Crippen molar-refractivity contribution in [1.29, 1.82) is 0 Å². The first-order valence-electron chi connectivity index (χ1n) is 7.07. The van der Waals surface area contributed by atoms with Gasteiger partial charge in [-0.3, -0.25) is 4.99 Å². The van der Waals surface area contributed by atoms with Crippen molar-refractivity contribution in [2.45, 2.75) is 32.7 Å².